The van der Waals surface area contributed by atoms with Crippen molar-refractivity contribution < 1.29 is 13.5 Å². The third kappa shape index (κ3) is 3.68. The summed E-state index contributed by atoms with van der Waals surface area (Å²) in [7, 11) is -1.65. The van der Waals surface area contributed by atoms with Crippen molar-refractivity contribution in [2.45, 2.75) is 38.5 Å². The molecule has 1 N–H and O–H groups in total. The average Bonchev–Trinajstić information content (AvgIpc) is 2.91. The minimum atomic E-state index is -3.34. The van der Waals surface area contributed by atoms with Crippen molar-refractivity contribution in [1.82, 2.24) is 8.61 Å². The number of rotatable bonds is 5. The van der Waals surface area contributed by atoms with Gasteiger partial charge in [0.25, 0.3) is 10.2 Å². The standard InChI is InChI=1S/C13H26N2O3S/c1-14(9-12-5-2-3-6-12)19(17,18)15-8-4-7-13(10-15)11-16/h12-13,16H,2-11H2,1H3. The Morgan fingerprint density at radius 3 is 2.42 bits per heavy atom. The Labute approximate surface area is 116 Å². The van der Waals surface area contributed by atoms with E-state index in [4.69, 9.17) is 0 Å². The van der Waals surface area contributed by atoms with Crippen LogP contribution in [0, 0.1) is 11.8 Å². The van der Waals surface area contributed by atoms with Gasteiger partial charge in [-0.25, -0.2) is 0 Å². The molecule has 5 nitrogen and oxygen atoms in total. The zero-order chi connectivity index (χ0) is 13.9. The molecule has 1 unspecified atom stereocenters. The fraction of sp³-hybridized carbons (Fsp3) is 1.00. The van der Waals surface area contributed by atoms with Crippen LogP contribution in [0.1, 0.15) is 38.5 Å². The van der Waals surface area contributed by atoms with Gasteiger partial charge in [-0.15, -0.1) is 0 Å². The van der Waals surface area contributed by atoms with Crippen LogP contribution in [0.15, 0.2) is 0 Å². The van der Waals surface area contributed by atoms with Crippen LogP contribution in [-0.4, -0.2) is 55.4 Å². The molecule has 2 fully saturated rings. The lowest BCUT2D eigenvalue weighted by Crippen LogP contribution is -2.48. The third-order valence-electron chi connectivity index (χ3n) is 4.45. The zero-order valence-electron chi connectivity index (χ0n) is 11.8. The maximum Gasteiger partial charge on any atom is 0.281 e. The second-order valence-electron chi connectivity index (χ2n) is 5.99. The largest absolute Gasteiger partial charge is 0.396 e. The Bertz CT molecular complexity index is 379. The van der Waals surface area contributed by atoms with Gasteiger partial charge < -0.3 is 5.11 Å². The number of piperidine rings is 1. The number of hydrogen-bond acceptors (Lipinski definition) is 3. The second-order valence-corrected chi connectivity index (χ2v) is 8.02. The van der Waals surface area contributed by atoms with Gasteiger partial charge in [-0.2, -0.15) is 17.0 Å². The Balaban J connectivity index is 1.95. The summed E-state index contributed by atoms with van der Waals surface area (Å²) < 4.78 is 28.1. The highest BCUT2D eigenvalue weighted by Crippen LogP contribution is 2.27. The number of aliphatic hydroxyl groups is 1. The Morgan fingerprint density at radius 1 is 1.16 bits per heavy atom. The van der Waals surface area contributed by atoms with E-state index in [0.717, 1.165) is 25.7 Å². The molecule has 2 aliphatic rings. The summed E-state index contributed by atoms with van der Waals surface area (Å²) in [6.45, 7) is 1.78. The fourth-order valence-electron chi connectivity index (χ4n) is 3.23. The molecule has 19 heavy (non-hydrogen) atoms. The highest BCUT2D eigenvalue weighted by Gasteiger charge is 2.32. The van der Waals surface area contributed by atoms with Gasteiger partial charge in [-0.3, -0.25) is 0 Å². The maximum atomic E-state index is 12.5. The summed E-state index contributed by atoms with van der Waals surface area (Å²) >= 11 is 0. The predicted octanol–water partition coefficient (Wildman–Crippen LogP) is 1.06. The first-order valence-corrected chi connectivity index (χ1v) is 8.76. The lowest BCUT2D eigenvalue weighted by molar-refractivity contribution is 0.161. The molecule has 1 aliphatic carbocycles. The van der Waals surface area contributed by atoms with Gasteiger partial charge in [-0.1, -0.05) is 12.8 Å². The van der Waals surface area contributed by atoms with E-state index in [9.17, 15) is 13.5 Å². The monoisotopic (exact) mass is 290 g/mol. The first-order valence-electron chi connectivity index (χ1n) is 7.36. The van der Waals surface area contributed by atoms with Crippen molar-refractivity contribution in [3.8, 4) is 0 Å². The van der Waals surface area contributed by atoms with E-state index in [1.165, 1.54) is 17.1 Å². The van der Waals surface area contributed by atoms with E-state index in [1.54, 1.807) is 11.4 Å². The van der Waals surface area contributed by atoms with Gasteiger partial charge in [0.1, 0.15) is 0 Å². The highest BCUT2D eigenvalue weighted by molar-refractivity contribution is 7.86. The molecule has 0 amide bonds. The Hall–Kier alpha value is -0.170. The quantitative estimate of drug-likeness (QED) is 0.823. The van der Waals surface area contributed by atoms with Crippen LogP contribution in [0.5, 0.6) is 0 Å². The van der Waals surface area contributed by atoms with E-state index < -0.39 is 10.2 Å². The molecule has 1 saturated carbocycles. The van der Waals surface area contributed by atoms with Crippen molar-refractivity contribution in [2.24, 2.45) is 11.8 Å². The lowest BCUT2D eigenvalue weighted by atomic mass is 10.0. The van der Waals surface area contributed by atoms with Gasteiger partial charge in [0, 0.05) is 33.3 Å². The summed E-state index contributed by atoms with van der Waals surface area (Å²) in [5, 5.41) is 9.21. The number of hydrogen-bond donors (Lipinski definition) is 1. The van der Waals surface area contributed by atoms with Crippen molar-refractivity contribution >= 4 is 10.2 Å². The first kappa shape index (κ1) is 15.2. The van der Waals surface area contributed by atoms with Gasteiger partial charge in [-0.05, 0) is 37.5 Å². The molecule has 1 saturated heterocycles. The highest BCUT2D eigenvalue weighted by atomic mass is 32.2. The van der Waals surface area contributed by atoms with Crippen LogP contribution in [-0.2, 0) is 10.2 Å². The molecule has 0 spiro atoms. The molecule has 0 aromatic carbocycles. The number of aliphatic hydroxyl groups excluding tert-OH is 1. The van der Waals surface area contributed by atoms with E-state index in [2.05, 4.69) is 0 Å². The molecule has 1 heterocycles. The zero-order valence-corrected chi connectivity index (χ0v) is 12.6. The average molecular weight is 290 g/mol. The molecule has 6 heteroatoms. The predicted molar refractivity (Wildman–Crippen MR) is 74.9 cm³/mol. The molecule has 1 atom stereocenters. The van der Waals surface area contributed by atoms with Crippen LogP contribution < -0.4 is 0 Å². The van der Waals surface area contributed by atoms with Crippen molar-refractivity contribution in [3.63, 3.8) is 0 Å². The van der Waals surface area contributed by atoms with Crippen molar-refractivity contribution in [2.75, 3.05) is 33.3 Å². The Morgan fingerprint density at radius 2 is 1.79 bits per heavy atom. The van der Waals surface area contributed by atoms with E-state index >= 15 is 0 Å². The molecule has 2 rings (SSSR count). The maximum absolute atomic E-state index is 12.5. The molecule has 1 aliphatic heterocycles. The van der Waals surface area contributed by atoms with Gasteiger partial charge >= 0.3 is 0 Å². The van der Waals surface area contributed by atoms with Crippen molar-refractivity contribution in [1.29, 1.82) is 0 Å². The van der Waals surface area contributed by atoms with Crippen LogP contribution in [0.3, 0.4) is 0 Å². The molecular formula is C13H26N2O3S. The van der Waals surface area contributed by atoms with Crippen molar-refractivity contribution in [3.05, 3.63) is 0 Å². The number of nitrogens with zero attached hydrogens (tertiary/aromatic N) is 2. The lowest BCUT2D eigenvalue weighted by Gasteiger charge is -2.34. The fourth-order valence-corrected chi connectivity index (χ4v) is 4.79. The van der Waals surface area contributed by atoms with Gasteiger partial charge in [0.05, 0.1) is 0 Å². The van der Waals surface area contributed by atoms with Crippen LogP contribution in [0.4, 0.5) is 0 Å². The summed E-state index contributed by atoms with van der Waals surface area (Å²) in [6.07, 6.45) is 6.54. The first-order chi connectivity index (χ1) is 9.04. The van der Waals surface area contributed by atoms with Crippen LogP contribution in [0.2, 0.25) is 0 Å². The van der Waals surface area contributed by atoms with E-state index in [-0.39, 0.29) is 12.5 Å². The van der Waals surface area contributed by atoms with Gasteiger partial charge in [0.15, 0.2) is 0 Å². The van der Waals surface area contributed by atoms with E-state index in [0.29, 0.717) is 25.6 Å². The molecule has 0 aromatic heterocycles. The second kappa shape index (κ2) is 6.52. The minimum Gasteiger partial charge on any atom is -0.396 e. The molecular weight excluding hydrogens is 264 g/mol. The molecule has 0 radical (unpaired) electrons. The summed E-state index contributed by atoms with van der Waals surface area (Å²) in [6, 6.07) is 0. The SMILES string of the molecule is CN(CC1CCCC1)S(=O)(=O)N1CCCC(CO)C1. The van der Waals surface area contributed by atoms with E-state index in [1.807, 2.05) is 0 Å². The topological polar surface area (TPSA) is 60.9 Å². The summed E-state index contributed by atoms with van der Waals surface area (Å²) in [5.74, 6) is 0.626. The normalized spacial score (nSPS) is 27.2. The van der Waals surface area contributed by atoms with Crippen LogP contribution in [0.25, 0.3) is 0 Å². The van der Waals surface area contributed by atoms with Gasteiger partial charge in [0.2, 0.25) is 0 Å². The third-order valence-corrected chi connectivity index (χ3v) is 6.37. The Kier molecular flexibility index (Phi) is 5.22. The molecule has 0 bridgehead atoms. The summed E-state index contributed by atoms with van der Waals surface area (Å²) in [5.41, 5.74) is 0. The van der Waals surface area contributed by atoms with Crippen LogP contribution >= 0.6 is 0 Å². The summed E-state index contributed by atoms with van der Waals surface area (Å²) in [4.78, 5) is 0. The smallest absolute Gasteiger partial charge is 0.281 e. The molecule has 112 valence electrons. The minimum absolute atomic E-state index is 0.0817. The molecule has 0 aromatic rings.